The first-order valence-corrected chi connectivity index (χ1v) is 10.4. The molecule has 1 fully saturated rings. The third-order valence-electron chi connectivity index (χ3n) is 5.35. The quantitative estimate of drug-likeness (QED) is 0.786. The molecule has 0 unspecified atom stereocenters. The average Bonchev–Trinajstić information content (AvgIpc) is 2.70. The van der Waals surface area contributed by atoms with Gasteiger partial charge in [0.2, 0.25) is 11.8 Å². The van der Waals surface area contributed by atoms with Gasteiger partial charge >= 0.3 is 0 Å². The predicted molar refractivity (Wildman–Crippen MR) is 117 cm³/mol. The van der Waals surface area contributed by atoms with Crippen LogP contribution < -0.4 is 5.32 Å². The van der Waals surface area contributed by atoms with E-state index in [2.05, 4.69) is 10.2 Å². The van der Waals surface area contributed by atoms with Gasteiger partial charge in [-0.3, -0.25) is 14.5 Å². The Morgan fingerprint density at radius 1 is 1.00 bits per heavy atom. The Kier molecular flexibility index (Phi) is 7.29. The Balaban J connectivity index is 1.42. The second-order valence-corrected chi connectivity index (χ2v) is 8.04. The third kappa shape index (κ3) is 6.05. The SMILES string of the molecule is Cc1cccc(C)c1NC(=O)CN1CCN(C(=O)CCc2cccc(Cl)c2)CC1. The van der Waals surface area contributed by atoms with Gasteiger partial charge in [0.25, 0.3) is 0 Å². The lowest BCUT2D eigenvalue weighted by Gasteiger charge is -2.34. The van der Waals surface area contributed by atoms with Crippen LogP contribution >= 0.6 is 11.6 Å². The number of benzene rings is 2. The zero-order valence-corrected chi connectivity index (χ0v) is 17.8. The molecular weight excluding hydrogens is 386 g/mol. The van der Waals surface area contributed by atoms with Gasteiger partial charge in [-0.1, -0.05) is 41.9 Å². The van der Waals surface area contributed by atoms with Crippen molar-refractivity contribution in [3.05, 3.63) is 64.2 Å². The summed E-state index contributed by atoms with van der Waals surface area (Å²) in [5, 5.41) is 3.73. The van der Waals surface area contributed by atoms with E-state index in [4.69, 9.17) is 11.6 Å². The number of nitrogens with zero attached hydrogens (tertiary/aromatic N) is 2. The van der Waals surface area contributed by atoms with Crippen LogP contribution in [0.15, 0.2) is 42.5 Å². The molecule has 0 bridgehead atoms. The summed E-state index contributed by atoms with van der Waals surface area (Å²) in [6.07, 6.45) is 1.17. The molecule has 29 heavy (non-hydrogen) atoms. The number of hydrogen-bond acceptors (Lipinski definition) is 3. The number of nitrogens with one attached hydrogen (secondary N) is 1. The Bertz CT molecular complexity index is 856. The van der Waals surface area contributed by atoms with Crippen LogP contribution in [0.1, 0.15) is 23.1 Å². The lowest BCUT2D eigenvalue weighted by atomic mass is 10.1. The highest BCUT2D eigenvalue weighted by Crippen LogP contribution is 2.19. The summed E-state index contributed by atoms with van der Waals surface area (Å²) >= 11 is 6.00. The minimum absolute atomic E-state index is 0.0110. The van der Waals surface area contributed by atoms with Crippen LogP contribution in [-0.2, 0) is 16.0 Å². The van der Waals surface area contributed by atoms with Gasteiger partial charge < -0.3 is 10.2 Å². The van der Waals surface area contributed by atoms with E-state index >= 15 is 0 Å². The number of piperazine rings is 1. The summed E-state index contributed by atoms with van der Waals surface area (Å²) in [6, 6.07) is 13.6. The number of hydrogen-bond donors (Lipinski definition) is 1. The van der Waals surface area contributed by atoms with Gasteiger partial charge in [0, 0.05) is 43.3 Å². The molecule has 1 heterocycles. The predicted octanol–water partition coefficient (Wildman–Crippen LogP) is 3.67. The molecule has 154 valence electrons. The Morgan fingerprint density at radius 2 is 1.66 bits per heavy atom. The van der Waals surface area contributed by atoms with Crippen LogP contribution in [0.4, 0.5) is 5.69 Å². The molecular formula is C23H28ClN3O2. The van der Waals surface area contributed by atoms with Gasteiger partial charge in [-0.15, -0.1) is 0 Å². The first kappa shape index (κ1) is 21.3. The number of rotatable bonds is 6. The zero-order chi connectivity index (χ0) is 20.8. The van der Waals surface area contributed by atoms with Crippen molar-refractivity contribution in [2.75, 3.05) is 38.0 Å². The fourth-order valence-electron chi connectivity index (χ4n) is 3.65. The smallest absolute Gasteiger partial charge is 0.238 e. The maximum absolute atomic E-state index is 12.5. The second kappa shape index (κ2) is 9.90. The maximum Gasteiger partial charge on any atom is 0.238 e. The van der Waals surface area contributed by atoms with E-state index in [0.29, 0.717) is 50.6 Å². The van der Waals surface area contributed by atoms with Crippen molar-refractivity contribution in [2.45, 2.75) is 26.7 Å². The van der Waals surface area contributed by atoms with E-state index in [-0.39, 0.29) is 11.8 Å². The highest BCUT2D eigenvalue weighted by atomic mass is 35.5. The van der Waals surface area contributed by atoms with Gasteiger partial charge in [0.1, 0.15) is 0 Å². The molecule has 6 heteroatoms. The minimum atomic E-state index is -0.0110. The van der Waals surface area contributed by atoms with Crippen LogP contribution in [0.2, 0.25) is 5.02 Å². The van der Waals surface area contributed by atoms with Gasteiger partial charge in [-0.25, -0.2) is 0 Å². The van der Waals surface area contributed by atoms with Crippen molar-refractivity contribution < 1.29 is 9.59 Å². The molecule has 3 rings (SSSR count). The molecule has 1 aliphatic rings. The first-order valence-electron chi connectivity index (χ1n) is 10.0. The standard InChI is InChI=1S/C23H28ClN3O2/c1-17-5-3-6-18(2)23(17)25-21(28)16-26-11-13-27(14-12-26)22(29)10-9-19-7-4-8-20(24)15-19/h3-8,15H,9-14,16H2,1-2H3,(H,25,28). The van der Waals surface area contributed by atoms with Crippen molar-refractivity contribution in [3.8, 4) is 0 Å². The number of anilines is 1. The van der Waals surface area contributed by atoms with Crippen molar-refractivity contribution >= 4 is 29.1 Å². The molecule has 5 nitrogen and oxygen atoms in total. The Morgan fingerprint density at radius 3 is 2.31 bits per heavy atom. The number of amides is 2. The number of halogens is 1. The van der Waals surface area contributed by atoms with E-state index in [9.17, 15) is 9.59 Å². The molecule has 0 aliphatic carbocycles. The summed E-state index contributed by atoms with van der Waals surface area (Å²) < 4.78 is 0. The molecule has 2 aromatic rings. The van der Waals surface area contributed by atoms with Crippen LogP contribution in [0.3, 0.4) is 0 Å². The second-order valence-electron chi connectivity index (χ2n) is 7.60. The lowest BCUT2D eigenvalue weighted by Crippen LogP contribution is -2.50. The maximum atomic E-state index is 12.5. The highest BCUT2D eigenvalue weighted by Gasteiger charge is 2.22. The summed E-state index contributed by atoms with van der Waals surface area (Å²) in [5.41, 5.74) is 4.10. The molecule has 1 aliphatic heterocycles. The summed E-state index contributed by atoms with van der Waals surface area (Å²) in [7, 11) is 0. The van der Waals surface area contributed by atoms with Crippen LogP contribution in [0, 0.1) is 13.8 Å². The normalized spacial score (nSPS) is 14.7. The molecule has 1 saturated heterocycles. The number of para-hydroxylation sites is 1. The zero-order valence-electron chi connectivity index (χ0n) is 17.1. The molecule has 0 radical (unpaired) electrons. The van der Waals surface area contributed by atoms with Crippen LogP contribution in [0.25, 0.3) is 0 Å². The average molecular weight is 414 g/mol. The molecule has 0 atom stereocenters. The van der Waals surface area contributed by atoms with Crippen LogP contribution in [-0.4, -0.2) is 54.3 Å². The fourth-order valence-corrected chi connectivity index (χ4v) is 3.86. The van der Waals surface area contributed by atoms with Gasteiger partial charge in [-0.2, -0.15) is 0 Å². The van der Waals surface area contributed by atoms with Gasteiger partial charge in [0.05, 0.1) is 6.54 Å². The van der Waals surface area contributed by atoms with E-state index in [0.717, 1.165) is 22.4 Å². The van der Waals surface area contributed by atoms with E-state index < -0.39 is 0 Å². The van der Waals surface area contributed by atoms with E-state index in [1.165, 1.54) is 0 Å². The van der Waals surface area contributed by atoms with Crippen LogP contribution in [0.5, 0.6) is 0 Å². The van der Waals surface area contributed by atoms with Crippen molar-refractivity contribution in [2.24, 2.45) is 0 Å². The summed E-state index contributed by atoms with van der Waals surface area (Å²) in [6.45, 7) is 7.08. The molecule has 2 amide bonds. The summed E-state index contributed by atoms with van der Waals surface area (Å²) in [4.78, 5) is 28.9. The van der Waals surface area contributed by atoms with Crippen molar-refractivity contribution in [1.29, 1.82) is 0 Å². The van der Waals surface area contributed by atoms with Crippen molar-refractivity contribution in [1.82, 2.24) is 9.80 Å². The molecule has 1 N–H and O–H groups in total. The van der Waals surface area contributed by atoms with E-state index in [1.54, 1.807) is 0 Å². The van der Waals surface area contributed by atoms with E-state index in [1.807, 2.05) is 61.2 Å². The Labute approximate surface area is 177 Å². The largest absolute Gasteiger partial charge is 0.340 e. The molecule has 0 spiro atoms. The third-order valence-corrected chi connectivity index (χ3v) is 5.59. The number of carbonyl (C=O) groups excluding carboxylic acids is 2. The van der Waals surface area contributed by atoms with Gasteiger partial charge in [0.15, 0.2) is 0 Å². The number of aryl methyl sites for hydroxylation is 3. The first-order chi connectivity index (χ1) is 13.9. The number of carbonyl (C=O) groups is 2. The monoisotopic (exact) mass is 413 g/mol. The highest BCUT2D eigenvalue weighted by molar-refractivity contribution is 6.30. The topological polar surface area (TPSA) is 52.7 Å². The molecule has 2 aromatic carbocycles. The Hall–Kier alpha value is -2.37. The van der Waals surface area contributed by atoms with Gasteiger partial charge in [-0.05, 0) is 49.1 Å². The molecule has 0 saturated carbocycles. The van der Waals surface area contributed by atoms with Crippen molar-refractivity contribution in [3.63, 3.8) is 0 Å². The fraction of sp³-hybridized carbons (Fsp3) is 0.391. The lowest BCUT2D eigenvalue weighted by molar-refractivity contribution is -0.133. The minimum Gasteiger partial charge on any atom is -0.340 e. The molecule has 0 aromatic heterocycles. The summed E-state index contributed by atoms with van der Waals surface area (Å²) in [5.74, 6) is 0.146.